The van der Waals surface area contributed by atoms with Crippen LogP contribution in [0.25, 0.3) is 22.6 Å². The summed E-state index contributed by atoms with van der Waals surface area (Å²) < 4.78 is 11.4. The van der Waals surface area contributed by atoms with Gasteiger partial charge in [-0.2, -0.15) is 4.98 Å². The summed E-state index contributed by atoms with van der Waals surface area (Å²) in [6, 6.07) is 6.70. The maximum absolute atomic E-state index is 13.2. The molecule has 0 aliphatic rings. The lowest BCUT2D eigenvalue weighted by Gasteiger charge is -2.12. The van der Waals surface area contributed by atoms with Crippen molar-refractivity contribution in [1.29, 1.82) is 0 Å². The van der Waals surface area contributed by atoms with Crippen LogP contribution in [0, 0.1) is 6.92 Å². The van der Waals surface area contributed by atoms with Gasteiger partial charge in [-0.05, 0) is 52.0 Å². The first-order chi connectivity index (χ1) is 14.3. The highest BCUT2D eigenvalue weighted by atomic mass is 16.5. The average Bonchev–Trinajstić information content (AvgIpc) is 3.22. The van der Waals surface area contributed by atoms with Gasteiger partial charge in [-0.1, -0.05) is 0 Å². The van der Waals surface area contributed by atoms with Gasteiger partial charge in [0.25, 0.3) is 5.56 Å². The molecule has 4 aromatic rings. The fourth-order valence-electron chi connectivity index (χ4n) is 3.68. The maximum atomic E-state index is 13.2. The number of rotatable bonds is 5. The fraction of sp³-hybridized carbons (Fsp3) is 0.333. The molecule has 0 N–H and O–H groups in total. The van der Waals surface area contributed by atoms with E-state index in [2.05, 4.69) is 4.98 Å². The van der Waals surface area contributed by atoms with Gasteiger partial charge in [-0.3, -0.25) is 23.1 Å². The second-order valence-electron chi connectivity index (χ2n) is 7.29. The topological polar surface area (TPSA) is 92.5 Å². The van der Waals surface area contributed by atoms with E-state index in [4.69, 9.17) is 4.74 Å². The molecule has 0 bridgehead atoms. The smallest absolute Gasteiger partial charge is 0.333 e. The molecule has 156 valence electrons. The number of carbonyl (C=O) groups excluding carboxylic acids is 1. The molecule has 3 aromatic heterocycles. The van der Waals surface area contributed by atoms with Crippen LogP contribution in [0.3, 0.4) is 0 Å². The van der Waals surface area contributed by atoms with Gasteiger partial charge in [-0.15, -0.1) is 0 Å². The van der Waals surface area contributed by atoms with E-state index in [-0.39, 0.29) is 16.9 Å². The molecule has 0 aliphatic carbocycles. The van der Waals surface area contributed by atoms with Gasteiger partial charge in [0, 0.05) is 24.6 Å². The number of imidazole rings is 2. The Morgan fingerprint density at radius 3 is 2.47 bits per heavy atom. The van der Waals surface area contributed by atoms with Gasteiger partial charge < -0.3 is 4.74 Å². The molecular weight excluding hydrogens is 386 g/mol. The van der Waals surface area contributed by atoms with E-state index in [1.807, 2.05) is 42.7 Å². The molecule has 0 saturated carbocycles. The first kappa shape index (κ1) is 19.7. The Hall–Kier alpha value is -3.62. The van der Waals surface area contributed by atoms with Gasteiger partial charge >= 0.3 is 5.69 Å². The number of nitrogens with zero attached hydrogens (tertiary/aromatic N) is 5. The van der Waals surface area contributed by atoms with Crippen molar-refractivity contribution in [2.24, 2.45) is 7.05 Å². The number of ether oxygens (including phenoxy) is 1. The second kappa shape index (κ2) is 7.01. The lowest BCUT2D eigenvalue weighted by Crippen LogP contribution is -2.42. The summed E-state index contributed by atoms with van der Waals surface area (Å²) in [4.78, 5) is 42.4. The van der Waals surface area contributed by atoms with Gasteiger partial charge in [0.2, 0.25) is 5.78 Å². The standard InChI is InChI=1S/C21H23N5O4/c1-6-30-16-9-7-15(8-10-16)25-12(2)11-24-17-18(22-20(24)25)23(5)21(29)26(19(17)28)13(3)14(4)27/h7-11,13H,6H2,1-5H3/t13-/m0/s1. The third-order valence-electron chi connectivity index (χ3n) is 5.36. The Bertz CT molecular complexity index is 1400. The maximum Gasteiger partial charge on any atom is 0.333 e. The zero-order valence-electron chi connectivity index (χ0n) is 17.5. The van der Waals surface area contributed by atoms with E-state index in [0.29, 0.717) is 12.4 Å². The predicted molar refractivity (Wildman–Crippen MR) is 113 cm³/mol. The summed E-state index contributed by atoms with van der Waals surface area (Å²) >= 11 is 0. The van der Waals surface area contributed by atoms with Crippen molar-refractivity contribution >= 4 is 22.7 Å². The zero-order valence-corrected chi connectivity index (χ0v) is 17.5. The van der Waals surface area contributed by atoms with Crippen LogP contribution < -0.4 is 16.0 Å². The number of benzene rings is 1. The molecule has 3 heterocycles. The van der Waals surface area contributed by atoms with E-state index >= 15 is 0 Å². The van der Waals surface area contributed by atoms with Gasteiger partial charge in [0.15, 0.2) is 16.9 Å². The lowest BCUT2D eigenvalue weighted by atomic mass is 10.2. The highest BCUT2D eigenvalue weighted by Gasteiger charge is 2.24. The fourth-order valence-corrected chi connectivity index (χ4v) is 3.68. The van der Waals surface area contributed by atoms with E-state index in [1.165, 1.54) is 11.5 Å². The van der Waals surface area contributed by atoms with E-state index in [0.717, 1.165) is 21.7 Å². The molecule has 9 heteroatoms. The molecule has 0 radical (unpaired) electrons. The van der Waals surface area contributed by atoms with E-state index in [9.17, 15) is 14.4 Å². The van der Waals surface area contributed by atoms with Crippen LogP contribution in [0.1, 0.15) is 32.5 Å². The third kappa shape index (κ3) is 2.77. The molecule has 0 fully saturated rings. The number of fused-ring (bicyclic) bond motifs is 3. The van der Waals surface area contributed by atoms with Crippen molar-refractivity contribution in [2.75, 3.05) is 6.61 Å². The Morgan fingerprint density at radius 2 is 1.87 bits per heavy atom. The summed E-state index contributed by atoms with van der Waals surface area (Å²) in [6.45, 7) is 7.32. The molecule has 1 aromatic carbocycles. The summed E-state index contributed by atoms with van der Waals surface area (Å²) in [5.74, 6) is 1.00. The number of hydrogen-bond acceptors (Lipinski definition) is 5. The van der Waals surface area contributed by atoms with Crippen LogP contribution in [0.15, 0.2) is 40.1 Å². The molecule has 4 rings (SSSR count). The molecule has 0 spiro atoms. The van der Waals surface area contributed by atoms with Crippen molar-refractivity contribution in [3.05, 3.63) is 57.0 Å². The lowest BCUT2D eigenvalue weighted by molar-refractivity contribution is -0.119. The van der Waals surface area contributed by atoms with Gasteiger partial charge in [0.05, 0.1) is 12.6 Å². The number of aromatic nitrogens is 5. The quantitative estimate of drug-likeness (QED) is 0.503. The number of ketones is 1. The summed E-state index contributed by atoms with van der Waals surface area (Å²) in [6.07, 6.45) is 1.80. The molecule has 0 unspecified atom stereocenters. The number of aryl methyl sites for hydroxylation is 2. The van der Waals surface area contributed by atoms with Crippen molar-refractivity contribution in [3.63, 3.8) is 0 Å². The van der Waals surface area contributed by atoms with Crippen molar-refractivity contribution < 1.29 is 9.53 Å². The first-order valence-electron chi connectivity index (χ1n) is 9.71. The minimum Gasteiger partial charge on any atom is -0.494 e. The predicted octanol–water partition coefficient (Wildman–Crippen LogP) is 2.00. The zero-order chi connectivity index (χ0) is 21.7. The van der Waals surface area contributed by atoms with Crippen LogP contribution in [0.4, 0.5) is 0 Å². The van der Waals surface area contributed by atoms with E-state index < -0.39 is 17.3 Å². The molecular formula is C21H23N5O4. The molecule has 1 atom stereocenters. The van der Waals surface area contributed by atoms with Crippen molar-refractivity contribution in [2.45, 2.75) is 33.7 Å². The van der Waals surface area contributed by atoms with Crippen LogP contribution in [0.2, 0.25) is 0 Å². The Labute approximate surface area is 171 Å². The summed E-state index contributed by atoms with van der Waals surface area (Å²) in [5.41, 5.74) is 1.14. The number of hydrogen-bond donors (Lipinski definition) is 0. The Kier molecular flexibility index (Phi) is 4.60. The molecule has 0 aliphatic heterocycles. The summed E-state index contributed by atoms with van der Waals surface area (Å²) in [7, 11) is 1.55. The monoisotopic (exact) mass is 409 g/mol. The van der Waals surface area contributed by atoms with Gasteiger partial charge in [0.1, 0.15) is 5.75 Å². The highest BCUT2D eigenvalue weighted by molar-refractivity contribution is 5.81. The summed E-state index contributed by atoms with van der Waals surface area (Å²) in [5, 5.41) is 0. The van der Waals surface area contributed by atoms with Crippen LogP contribution in [-0.4, -0.2) is 35.5 Å². The SMILES string of the molecule is CCOc1ccc(-n2c(C)cn3c4c(=O)n([C@@H](C)C(C)=O)c(=O)n(C)c4nc23)cc1. The molecule has 9 nitrogen and oxygen atoms in total. The third-order valence-corrected chi connectivity index (χ3v) is 5.36. The number of carbonyl (C=O) groups is 1. The first-order valence-corrected chi connectivity index (χ1v) is 9.71. The van der Waals surface area contributed by atoms with Crippen molar-refractivity contribution in [1.82, 2.24) is 23.1 Å². The van der Waals surface area contributed by atoms with Crippen LogP contribution in [-0.2, 0) is 11.8 Å². The highest BCUT2D eigenvalue weighted by Crippen LogP contribution is 2.23. The minimum atomic E-state index is -0.861. The van der Waals surface area contributed by atoms with Crippen LogP contribution in [0.5, 0.6) is 5.75 Å². The number of Topliss-reactive ketones (excluding diaryl/α,β-unsaturated/α-hetero) is 1. The van der Waals surface area contributed by atoms with E-state index in [1.54, 1.807) is 24.6 Å². The van der Waals surface area contributed by atoms with Gasteiger partial charge in [-0.25, -0.2) is 9.36 Å². The minimum absolute atomic E-state index is 0.257. The second-order valence-corrected chi connectivity index (χ2v) is 7.29. The largest absolute Gasteiger partial charge is 0.494 e. The molecule has 0 amide bonds. The molecule has 0 saturated heterocycles. The Morgan fingerprint density at radius 1 is 1.20 bits per heavy atom. The van der Waals surface area contributed by atoms with Crippen LogP contribution >= 0.6 is 0 Å². The van der Waals surface area contributed by atoms with Crippen molar-refractivity contribution in [3.8, 4) is 11.4 Å². The normalized spacial score (nSPS) is 12.6. The molecule has 30 heavy (non-hydrogen) atoms. The average molecular weight is 409 g/mol. The Balaban J connectivity index is 2.03.